The number of carbonyl (C=O) groups excluding carboxylic acids is 1. The quantitative estimate of drug-likeness (QED) is 0.641. The molecule has 2 heterocycles. The predicted octanol–water partition coefficient (Wildman–Crippen LogP) is 0.447. The number of hydrogen-bond donors (Lipinski definition) is 0. The molecule has 0 spiro atoms. The fourth-order valence-electron chi connectivity index (χ4n) is 1.70. The second-order valence-electron chi connectivity index (χ2n) is 3.23. The summed E-state index contributed by atoms with van der Waals surface area (Å²) in [6.07, 6.45) is 4.42. The van der Waals surface area contributed by atoms with E-state index in [-0.39, 0.29) is 0 Å². The number of carbonyl (C=O) groups is 1. The van der Waals surface area contributed by atoms with Crippen LogP contribution < -0.4 is 0 Å². The minimum atomic E-state index is -0.432. The van der Waals surface area contributed by atoms with Crippen LogP contribution >= 0.6 is 0 Å². The highest BCUT2D eigenvalue weighted by molar-refractivity contribution is 6.27. The lowest BCUT2D eigenvalue weighted by Gasteiger charge is -2.00. The molecule has 0 N–H and O–H groups in total. The molecule has 1 aliphatic carbocycles. The lowest BCUT2D eigenvalue weighted by Crippen LogP contribution is -2.03. The maximum atomic E-state index is 11.5. The molecular formula is C10H6N4O2. The Morgan fingerprint density at radius 3 is 2.69 bits per heavy atom. The normalized spacial score (nSPS) is 12.7. The molecule has 2 aromatic heterocycles. The Morgan fingerprint density at radius 1 is 1.19 bits per heavy atom. The van der Waals surface area contributed by atoms with Crippen LogP contribution in [0.5, 0.6) is 0 Å². The molecule has 0 aliphatic heterocycles. The van der Waals surface area contributed by atoms with Crippen LogP contribution in [0.4, 0.5) is 0 Å². The number of nitrogens with zero attached hydrogens (tertiary/aromatic N) is 4. The SMILES string of the molecule is COC(=O)C1=Cc2ncnc3ncnc1c23. The van der Waals surface area contributed by atoms with Gasteiger partial charge in [-0.1, -0.05) is 0 Å². The maximum Gasteiger partial charge on any atom is 0.340 e. The molecule has 0 bridgehead atoms. The van der Waals surface area contributed by atoms with Crippen molar-refractivity contribution in [3.05, 3.63) is 24.0 Å². The van der Waals surface area contributed by atoms with E-state index in [9.17, 15) is 4.79 Å². The first-order chi connectivity index (χ1) is 7.81. The predicted molar refractivity (Wildman–Crippen MR) is 55.0 cm³/mol. The summed E-state index contributed by atoms with van der Waals surface area (Å²) < 4.78 is 4.68. The molecule has 0 unspecified atom stereocenters. The van der Waals surface area contributed by atoms with Crippen molar-refractivity contribution < 1.29 is 9.53 Å². The Hall–Kier alpha value is -2.37. The molecule has 0 saturated carbocycles. The average molecular weight is 214 g/mol. The molecule has 2 aromatic rings. The Kier molecular flexibility index (Phi) is 1.70. The summed E-state index contributed by atoms with van der Waals surface area (Å²) in [6, 6.07) is 0. The van der Waals surface area contributed by atoms with Gasteiger partial charge in [-0.3, -0.25) is 0 Å². The number of rotatable bonds is 1. The van der Waals surface area contributed by atoms with Crippen molar-refractivity contribution in [3.8, 4) is 0 Å². The van der Waals surface area contributed by atoms with Crippen molar-refractivity contribution in [1.29, 1.82) is 0 Å². The van der Waals surface area contributed by atoms with Crippen LogP contribution in [0.15, 0.2) is 12.7 Å². The van der Waals surface area contributed by atoms with Gasteiger partial charge < -0.3 is 4.74 Å². The molecule has 0 amide bonds. The Morgan fingerprint density at radius 2 is 1.94 bits per heavy atom. The average Bonchev–Trinajstić information content (AvgIpc) is 2.70. The topological polar surface area (TPSA) is 77.9 Å². The molecule has 78 valence electrons. The number of methoxy groups -OCH3 is 1. The maximum absolute atomic E-state index is 11.5. The summed E-state index contributed by atoms with van der Waals surface area (Å²) in [7, 11) is 1.33. The monoisotopic (exact) mass is 214 g/mol. The van der Waals surface area contributed by atoms with Gasteiger partial charge in [0.15, 0.2) is 5.65 Å². The number of ether oxygens (including phenoxy) is 1. The first-order valence-corrected chi connectivity index (χ1v) is 4.57. The van der Waals surface area contributed by atoms with Gasteiger partial charge in [-0.05, 0) is 6.08 Å². The molecule has 3 rings (SSSR count). The van der Waals surface area contributed by atoms with Gasteiger partial charge in [0.25, 0.3) is 0 Å². The van der Waals surface area contributed by atoms with Crippen molar-refractivity contribution in [2.24, 2.45) is 0 Å². The van der Waals surface area contributed by atoms with Crippen LogP contribution in [0.3, 0.4) is 0 Å². The van der Waals surface area contributed by atoms with Crippen LogP contribution in [0.2, 0.25) is 0 Å². The minimum Gasteiger partial charge on any atom is -0.465 e. The first-order valence-electron chi connectivity index (χ1n) is 4.57. The van der Waals surface area contributed by atoms with Gasteiger partial charge in [0.1, 0.15) is 12.7 Å². The molecule has 6 nitrogen and oxygen atoms in total. The van der Waals surface area contributed by atoms with Crippen molar-refractivity contribution in [2.75, 3.05) is 7.11 Å². The minimum absolute atomic E-state index is 0.394. The summed E-state index contributed by atoms with van der Waals surface area (Å²) >= 11 is 0. The molecule has 16 heavy (non-hydrogen) atoms. The lowest BCUT2D eigenvalue weighted by molar-refractivity contribution is -0.133. The Labute approximate surface area is 90.0 Å². The largest absolute Gasteiger partial charge is 0.465 e. The van der Waals surface area contributed by atoms with E-state index in [4.69, 9.17) is 0 Å². The standard InChI is InChI=1S/C10H6N4O2/c1-16-10(15)5-2-6-7-8(5)12-4-14-9(7)13-3-11-6/h2-4H,1H3. The highest BCUT2D eigenvalue weighted by Crippen LogP contribution is 2.32. The summed E-state index contributed by atoms with van der Waals surface area (Å²) in [5, 5.41) is 0.699. The third-order valence-electron chi connectivity index (χ3n) is 2.40. The second-order valence-corrected chi connectivity index (χ2v) is 3.23. The van der Waals surface area contributed by atoms with Gasteiger partial charge in [-0.15, -0.1) is 0 Å². The molecule has 1 aliphatic rings. The zero-order chi connectivity index (χ0) is 11.1. The molecular weight excluding hydrogens is 208 g/mol. The van der Waals surface area contributed by atoms with Crippen LogP contribution in [-0.4, -0.2) is 33.0 Å². The number of esters is 1. The number of hydrogen-bond acceptors (Lipinski definition) is 6. The van der Waals surface area contributed by atoms with Crippen LogP contribution in [-0.2, 0) is 9.53 Å². The van der Waals surface area contributed by atoms with E-state index in [1.165, 1.54) is 19.8 Å². The van der Waals surface area contributed by atoms with Gasteiger partial charge in [-0.2, -0.15) is 0 Å². The van der Waals surface area contributed by atoms with Gasteiger partial charge in [-0.25, -0.2) is 24.7 Å². The van der Waals surface area contributed by atoms with Gasteiger partial charge in [0.05, 0.1) is 29.5 Å². The van der Waals surface area contributed by atoms with Gasteiger partial charge in [0.2, 0.25) is 0 Å². The summed E-state index contributed by atoms with van der Waals surface area (Å²) in [4.78, 5) is 27.7. The molecule has 0 aromatic carbocycles. The van der Waals surface area contributed by atoms with Crippen molar-refractivity contribution in [3.63, 3.8) is 0 Å². The molecule has 0 saturated heterocycles. The van der Waals surface area contributed by atoms with Crippen LogP contribution in [0.1, 0.15) is 11.4 Å². The Bertz CT molecular complexity index is 631. The zero-order valence-electron chi connectivity index (χ0n) is 8.34. The van der Waals surface area contributed by atoms with E-state index in [2.05, 4.69) is 24.7 Å². The highest BCUT2D eigenvalue weighted by Gasteiger charge is 2.25. The van der Waals surface area contributed by atoms with E-state index in [1.54, 1.807) is 6.08 Å². The van der Waals surface area contributed by atoms with E-state index in [0.29, 0.717) is 28.0 Å². The summed E-state index contributed by atoms with van der Waals surface area (Å²) in [5.74, 6) is -0.432. The lowest BCUT2D eigenvalue weighted by atomic mass is 10.2. The van der Waals surface area contributed by atoms with Gasteiger partial charge >= 0.3 is 5.97 Å². The van der Waals surface area contributed by atoms with E-state index >= 15 is 0 Å². The summed E-state index contributed by atoms with van der Waals surface area (Å²) in [6.45, 7) is 0. The summed E-state index contributed by atoms with van der Waals surface area (Å²) in [5.41, 5.74) is 2.11. The number of aromatic nitrogens is 4. The third-order valence-corrected chi connectivity index (χ3v) is 2.40. The first kappa shape index (κ1) is 8.90. The molecule has 0 atom stereocenters. The van der Waals surface area contributed by atoms with Crippen molar-refractivity contribution in [2.45, 2.75) is 0 Å². The van der Waals surface area contributed by atoms with Crippen LogP contribution in [0, 0.1) is 0 Å². The smallest absolute Gasteiger partial charge is 0.340 e. The second kappa shape index (κ2) is 3.06. The van der Waals surface area contributed by atoms with Crippen molar-refractivity contribution >= 4 is 28.7 Å². The van der Waals surface area contributed by atoms with E-state index in [1.807, 2.05) is 0 Å². The third kappa shape index (κ3) is 1.04. The molecule has 0 radical (unpaired) electrons. The van der Waals surface area contributed by atoms with Crippen LogP contribution in [0.25, 0.3) is 22.7 Å². The van der Waals surface area contributed by atoms with Gasteiger partial charge in [0, 0.05) is 0 Å². The fourth-order valence-corrected chi connectivity index (χ4v) is 1.70. The van der Waals surface area contributed by atoms with Crippen molar-refractivity contribution in [1.82, 2.24) is 19.9 Å². The zero-order valence-corrected chi connectivity index (χ0v) is 8.34. The fraction of sp³-hybridized carbons (Fsp3) is 0.100. The molecule has 6 heteroatoms. The molecule has 0 fully saturated rings. The Balaban J connectivity index is 2.34. The highest BCUT2D eigenvalue weighted by atomic mass is 16.5. The van der Waals surface area contributed by atoms with E-state index in [0.717, 1.165) is 0 Å². The van der Waals surface area contributed by atoms with E-state index < -0.39 is 5.97 Å².